The molecule has 2 rings (SSSR count). The molecule has 4 heteroatoms. The third-order valence-corrected chi connectivity index (χ3v) is 2.22. The number of aliphatic hydroxyl groups is 1. The lowest BCUT2D eigenvalue weighted by Gasteiger charge is -2.05. The van der Waals surface area contributed by atoms with Crippen LogP contribution in [0.15, 0.2) is 24.7 Å². The molecule has 0 aliphatic rings. The van der Waals surface area contributed by atoms with Gasteiger partial charge in [0, 0.05) is 12.4 Å². The molecule has 0 aliphatic carbocycles. The van der Waals surface area contributed by atoms with Crippen LogP contribution in [0.1, 0.15) is 16.7 Å². The van der Waals surface area contributed by atoms with Crippen molar-refractivity contribution in [2.24, 2.45) is 0 Å². The van der Waals surface area contributed by atoms with E-state index in [4.69, 9.17) is 5.11 Å². The van der Waals surface area contributed by atoms with Crippen molar-refractivity contribution in [2.45, 2.75) is 20.5 Å². The van der Waals surface area contributed by atoms with Crippen LogP contribution in [0.4, 0.5) is 0 Å². The Balaban J connectivity index is 2.45. The summed E-state index contributed by atoms with van der Waals surface area (Å²) in [7, 11) is 0. The maximum atomic E-state index is 8.97. The van der Waals surface area contributed by atoms with E-state index in [1.165, 1.54) is 0 Å². The minimum absolute atomic E-state index is 0.0201. The standard InChI is InChI=1S/C11H13N3O/c1-8-4-13-14(6-8)11-9(2)3-10(7-15)5-12-11/h3-6,15H,7H2,1-2H3. The van der Waals surface area contributed by atoms with Gasteiger partial charge >= 0.3 is 0 Å². The zero-order valence-electron chi connectivity index (χ0n) is 8.81. The van der Waals surface area contributed by atoms with Crippen LogP contribution in [0.3, 0.4) is 0 Å². The van der Waals surface area contributed by atoms with Crippen molar-refractivity contribution in [1.82, 2.24) is 14.8 Å². The Morgan fingerprint density at radius 2 is 2.13 bits per heavy atom. The van der Waals surface area contributed by atoms with E-state index in [-0.39, 0.29) is 6.61 Å². The third kappa shape index (κ3) is 1.89. The summed E-state index contributed by atoms with van der Waals surface area (Å²) < 4.78 is 1.74. The molecule has 2 heterocycles. The van der Waals surface area contributed by atoms with Crippen LogP contribution in [-0.4, -0.2) is 19.9 Å². The van der Waals surface area contributed by atoms with E-state index in [9.17, 15) is 0 Å². The number of hydrogen-bond acceptors (Lipinski definition) is 3. The smallest absolute Gasteiger partial charge is 0.156 e. The second kappa shape index (κ2) is 3.82. The lowest BCUT2D eigenvalue weighted by Crippen LogP contribution is -2.01. The van der Waals surface area contributed by atoms with Crippen LogP contribution in [0, 0.1) is 13.8 Å². The molecule has 0 radical (unpaired) electrons. The van der Waals surface area contributed by atoms with E-state index in [0.717, 1.165) is 22.5 Å². The molecule has 0 aliphatic heterocycles. The maximum absolute atomic E-state index is 8.97. The number of nitrogens with zero attached hydrogens (tertiary/aromatic N) is 3. The van der Waals surface area contributed by atoms with Crippen molar-refractivity contribution >= 4 is 0 Å². The number of hydrogen-bond donors (Lipinski definition) is 1. The zero-order chi connectivity index (χ0) is 10.8. The Labute approximate surface area is 88.2 Å². The highest BCUT2D eigenvalue weighted by molar-refractivity contribution is 5.34. The summed E-state index contributed by atoms with van der Waals surface area (Å²) in [5.74, 6) is 0.806. The molecule has 1 N–H and O–H groups in total. The van der Waals surface area contributed by atoms with Gasteiger partial charge < -0.3 is 5.11 Å². The molecular formula is C11H13N3O. The molecule has 0 saturated heterocycles. The number of pyridine rings is 1. The third-order valence-electron chi connectivity index (χ3n) is 2.22. The predicted molar refractivity (Wildman–Crippen MR) is 56.8 cm³/mol. The summed E-state index contributed by atoms with van der Waals surface area (Å²) >= 11 is 0. The molecule has 0 saturated carbocycles. The fourth-order valence-electron chi connectivity index (χ4n) is 1.48. The first-order valence-corrected chi connectivity index (χ1v) is 4.78. The van der Waals surface area contributed by atoms with Crippen LogP contribution >= 0.6 is 0 Å². The second-order valence-electron chi connectivity index (χ2n) is 3.60. The molecule has 4 nitrogen and oxygen atoms in total. The van der Waals surface area contributed by atoms with E-state index in [1.807, 2.05) is 26.1 Å². The maximum Gasteiger partial charge on any atom is 0.156 e. The molecule has 0 aromatic carbocycles. The highest BCUT2D eigenvalue weighted by atomic mass is 16.3. The molecule has 0 atom stereocenters. The second-order valence-corrected chi connectivity index (χ2v) is 3.60. The van der Waals surface area contributed by atoms with Crippen molar-refractivity contribution in [1.29, 1.82) is 0 Å². The normalized spacial score (nSPS) is 10.6. The minimum Gasteiger partial charge on any atom is -0.392 e. The van der Waals surface area contributed by atoms with Gasteiger partial charge in [-0.05, 0) is 36.6 Å². The molecule has 15 heavy (non-hydrogen) atoms. The van der Waals surface area contributed by atoms with Gasteiger partial charge in [-0.3, -0.25) is 0 Å². The number of rotatable bonds is 2. The molecule has 2 aromatic heterocycles. The average molecular weight is 203 g/mol. The molecule has 0 unspecified atom stereocenters. The monoisotopic (exact) mass is 203 g/mol. The van der Waals surface area contributed by atoms with E-state index in [2.05, 4.69) is 10.1 Å². The van der Waals surface area contributed by atoms with Gasteiger partial charge in [-0.25, -0.2) is 9.67 Å². The van der Waals surface area contributed by atoms with E-state index in [1.54, 1.807) is 17.1 Å². The molecule has 78 valence electrons. The highest BCUT2D eigenvalue weighted by Crippen LogP contribution is 2.12. The zero-order valence-corrected chi connectivity index (χ0v) is 8.81. The lowest BCUT2D eigenvalue weighted by atomic mass is 10.2. The van der Waals surface area contributed by atoms with Gasteiger partial charge in [0.25, 0.3) is 0 Å². The molecule has 0 amide bonds. The molecule has 0 fully saturated rings. The number of aliphatic hydroxyl groups excluding tert-OH is 1. The van der Waals surface area contributed by atoms with Crippen molar-refractivity contribution in [3.05, 3.63) is 41.3 Å². The van der Waals surface area contributed by atoms with E-state index >= 15 is 0 Å². The first kappa shape index (κ1) is 9.86. The van der Waals surface area contributed by atoms with Crippen LogP contribution in [0.5, 0.6) is 0 Å². The summed E-state index contributed by atoms with van der Waals surface area (Å²) in [5, 5.41) is 13.2. The van der Waals surface area contributed by atoms with Gasteiger partial charge in [-0.2, -0.15) is 5.10 Å². The van der Waals surface area contributed by atoms with Crippen molar-refractivity contribution in [3.8, 4) is 5.82 Å². The van der Waals surface area contributed by atoms with Gasteiger partial charge in [-0.15, -0.1) is 0 Å². The fourth-order valence-corrected chi connectivity index (χ4v) is 1.48. The number of aromatic nitrogens is 3. The first-order chi connectivity index (χ1) is 7.20. The van der Waals surface area contributed by atoms with Gasteiger partial charge in [-0.1, -0.05) is 0 Å². The van der Waals surface area contributed by atoms with Crippen molar-refractivity contribution < 1.29 is 5.11 Å². The molecule has 2 aromatic rings. The summed E-state index contributed by atoms with van der Waals surface area (Å²) in [6.07, 6.45) is 5.38. The van der Waals surface area contributed by atoms with E-state index < -0.39 is 0 Å². The van der Waals surface area contributed by atoms with Gasteiger partial charge in [0.2, 0.25) is 0 Å². The summed E-state index contributed by atoms with van der Waals surface area (Å²) in [6, 6.07) is 1.92. The van der Waals surface area contributed by atoms with Gasteiger partial charge in [0.15, 0.2) is 5.82 Å². The largest absolute Gasteiger partial charge is 0.392 e. The Morgan fingerprint density at radius 1 is 1.33 bits per heavy atom. The van der Waals surface area contributed by atoms with E-state index in [0.29, 0.717) is 0 Å². The van der Waals surface area contributed by atoms with Crippen LogP contribution in [0.25, 0.3) is 5.82 Å². The summed E-state index contributed by atoms with van der Waals surface area (Å²) in [6.45, 7) is 3.96. The SMILES string of the molecule is Cc1cnn(-c2ncc(CO)cc2C)c1. The fraction of sp³-hybridized carbons (Fsp3) is 0.273. The topological polar surface area (TPSA) is 50.9 Å². The Kier molecular flexibility index (Phi) is 2.51. The minimum atomic E-state index is 0.0201. The first-order valence-electron chi connectivity index (χ1n) is 4.78. The van der Waals surface area contributed by atoms with Gasteiger partial charge in [0.1, 0.15) is 0 Å². The van der Waals surface area contributed by atoms with Crippen LogP contribution in [-0.2, 0) is 6.61 Å². The quantitative estimate of drug-likeness (QED) is 0.802. The van der Waals surface area contributed by atoms with Crippen molar-refractivity contribution in [3.63, 3.8) is 0 Å². The lowest BCUT2D eigenvalue weighted by molar-refractivity contribution is 0.281. The predicted octanol–water partition coefficient (Wildman–Crippen LogP) is 1.38. The van der Waals surface area contributed by atoms with Gasteiger partial charge in [0.05, 0.1) is 12.8 Å². The van der Waals surface area contributed by atoms with Crippen molar-refractivity contribution in [2.75, 3.05) is 0 Å². The Hall–Kier alpha value is -1.68. The molecule has 0 bridgehead atoms. The molecular weight excluding hydrogens is 190 g/mol. The highest BCUT2D eigenvalue weighted by Gasteiger charge is 2.04. The average Bonchev–Trinajstić information content (AvgIpc) is 2.64. The number of aryl methyl sites for hydroxylation is 2. The Bertz CT molecular complexity index is 476. The van der Waals surface area contributed by atoms with Crippen LogP contribution < -0.4 is 0 Å². The summed E-state index contributed by atoms with van der Waals surface area (Å²) in [5.41, 5.74) is 2.92. The Morgan fingerprint density at radius 3 is 2.67 bits per heavy atom. The summed E-state index contributed by atoms with van der Waals surface area (Å²) in [4.78, 5) is 4.27. The van der Waals surface area contributed by atoms with Crippen LogP contribution in [0.2, 0.25) is 0 Å². The molecule has 0 spiro atoms.